The molecule has 1 atom stereocenters. The summed E-state index contributed by atoms with van der Waals surface area (Å²) in [4.78, 5) is 26.5. The van der Waals surface area contributed by atoms with Crippen LogP contribution in [0.15, 0.2) is 53.7 Å². The minimum atomic E-state index is -1.07. The normalized spacial score (nSPS) is 16.7. The highest BCUT2D eigenvalue weighted by atomic mass is 19.1. The summed E-state index contributed by atoms with van der Waals surface area (Å²) in [5.74, 6) is -1.69. The molecule has 0 aliphatic carbocycles. The summed E-state index contributed by atoms with van der Waals surface area (Å²) < 4.78 is 32.9. The van der Waals surface area contributed by atoms with Crippen molar-refractivity contribution in [3.05, 3.63) is 70.9 Å². The molecule has 0 unspecified atom stereocenters. The van der Waals surface area contributed by atoms with Crippen LogP contribution in [0.2, 0.25) is 0 Å². The third kappa shape index (κ3) is 3.53. The summed E-state index contributed by atoms with van der Waals surface area (Å²) >= 11 is 0. The lowest BCUT2D eigenvalue weighted by molar-refractivity contribution is -0.113. The molecule has 2 aromatic carbocycles. The first-order chi connectivity index (χ1) is 13.3. The summed E-state index contributed by atoms with van der Waals surface area (Å²) in [6.07, 6.45) is 0. The lowest BCUT2D eigenvalue weighted by Gasteiger charge is -2.33. The predicted octanol–water partition coefficient (Wildman–Crippen LogP) is 3.58. The third-order valence-corrected chi connectivity index (χ3v) is 4.63. The van der Waals surface area contributed by atoms with E-state index in [1.165, 1.54) is 25.1 Å². The van der Waals surface area contributed by atoms with E-state index < -0.39 is 29.6 Å². The fraction of sp³-hybridized carbons (Fsp3) is 0.200. The van der Waals surface area contributed by atoms with E-state index in [-0.39, 0.29) is 11.1 Å². The molecule has 1 aliphatic rings. The van der Waals surface area contributed by atoms with Gasteiger partial charge in [-0.15, -0.1) is 0 Å². The van der Waals surface area contributed by atoms with Gasteiger partial charge < -0.3 is 20.3 Å². The van der Waals surface area contributed by atoms with Gasteiger partial charge in [0.1, 0.15) is 17.4 Å². The zero-order valence-electron chi connectivity index (χ0n) is 15.5. The summed E-state index contributed by atoms with van der Waals surface area (Å²) in [6, 6.07) is 8.26. The van der Waals surface area contributed by atoms with Crippen LogP contribution in [0.5, 0.6) is 5.75 Å². The Morgan fingerprint density at radius 1 is 1.21 bits per heavy atom. The monoisotopic (exact) mass is 387 g/mol. The Hall–Kier alpha value is -3.42. The molecule has 0 radical (unpaired) electrons. The number of rotatable bonds is 4. The molecule has 1 aliphatic heterocycles. The van der Waals surface area contributed by atoms with Crippen molar-refractivity contribution in [2.75, 3.05) is 19.5 Å². The zero-order chi connectivity index (χ0) is 20.4. The Balaban J connectivity index is 2.05. The molecule has 0 bridgehead atoms. The topological polar surface area (TPSA) is 70.7 Å². The molecule has 6 nitrogen and oxygen atoms in total. The van der Waals surface area contributed by atoms with Gasteiger partial charge in [0.15, 0.2) is 0 Å². The average molecular weight is 387 g/mol. The summed E-state index contributed by atoms with van der Waals surface area (Å²) in [5, 5.41) is 5.32. The molecule has 3 amide bonds. The Morgan fingerprint density at radius 2 is 1.93 bits per heavy atom. The fourth-order valence-electron chi connectivity index (χ4n) is 3.04. The number of hydrogen-bond donors (Lipinski definition) is 2. The van der Waals surface area contributed by atoms with Crippen LogP contribution in [0.25, 0.3) is 0 Å². The Labute approximate surface area is 160 Å². The largest absolute Gasteiger partial charge is 0.495 e. The molecule has 146 valence electrons. The van der Waals surface area contributed by atoms with E-state index in [1.54, 1.807) is 31.2 Å². The maximum Gasteiger partial charge on any atom is 0.322 e. The molecule has 1 heterocycles. The quantitative estimate of drug-likeness (QED) is 0.842. The maximum atomic E-state index is 14.4. The number of amides is 3. The second kappa shape index (κ2) is 7.67. The number of urea groups is 1. The SMILES string of the molecule is COc1ccccc1NC(=O)C1=C(C)N(C)C(=O)N[C@@H]1c1ccc(F)cc1F. The molecular weight excluding hydrogens is 368 g/mol. The zero-order valence-corrected chi connectivity index (χ0v) is 15.5. The van der Waals surface area contributed by atoms with Gasteiger partial charge in [0.25, 0.3) is 5.91 Å². The fourth-order valence-corrected chi connectivity index (χ4v) is 3.04. The van der Waals surface area contributed by atoms with Crippen molar-refractivity contribution >= 4 is 17.6 Å². The highest BCUT2D eigenvalue weighted by molar-refractivity contribution is 6.07. The molecule has 0 fully saturated rings. The molecular formula is C20H19F2N3O3. The number of ether oxygens (including phenoxy) is 1. The number of halogens is 2. The molecule has 3 rings (SSSR count). The highest BCUT2D eigenvalue weighted by Gasteiger charge is 2.35. The van der Waals surface area contributed by atoms with E-state index in [2.05, 4.69) is 10.6 Å². The number of hydrogen-bond acceptors (Lipinski definition) is 3. The number of nitrogens with zero attached hydrogens (tertiary/aromatic N) is 1. The summed E-state index contributed by atoms with van der Waals surface area (Å²) in [7, 11) is 2.97. The molecule has 8 heteroatoms. The summed E-state index contributed by atoms with van der Waals surface area (Å²) in [6.45, 7) is 1.59. The van der Waals surface area contributed by atoms with Gasteiger partial charge >= 0.3 is 6.03 Å². The Kier molecular flexibility index (Phi) is 5.30. The van der Waals surface area contributed by atoms with E-state index in [1.807, 2.05) is 0 Å². The molecule has 0 spiro atoms. The van der Waals surface area contributed by atoms with Gasteiger partial charge in [-0.25, -0.2) is 13.6 Å². The van der Waals surface area contributed by atoms with Crippen LogP contribution >= 0.6 is 0 Å². The van der Waals surface area contributed by atoms with Gasteiger partial charge in [0.2, 0.25) is 0 Å². The lowest BCUT2D eigenvalue weighted by Crippen LogP contribution is -2.47. The van der Waals surface area contributed by atoms with E-state index >= 15 is 0 Å². The number of anilines is 1. The lowest BCUT2D eigenvalue weighted by atomic mass is 9.93. The van der Waals surface area contributed by atoms with E-state index in [0.29, 0.717) is 23.2 Å². The van der Waals surface area contributed by atoms with Crippen LogP contribution in [0.3, 0.4) is 0 Å². The first-order valence-electron chi connectivity index (χ1n) is 8.47. The Morgan fingerprint density at radius 3 is 2.61 bits per heavy atom. The molecule has 0 saturated carbocycles. The van der Waals surface area contributed by atoms with E-state index in [4.69, 9.17) is 4.74 Å². The average Bonchev–Trinajstić information content (AvgIpc) is 2.66. The first-order valence-corrected chi connectivity index (χ1v) is 8.47. The third-order valence-electron chi connectivity index (χ3n) is 4.63. The molecule has 2 aromatic rings. The first kappa shape index (κ1) is 19.3. The van der Waals surface area contributed by atoms with Crippen molar-refractivity contribution in [1.82, 2.24) is 10.2 Å². The van der Waals surface area contributed by atoms with Crippen molar-refractivity contribution in [2.45, 2.75) is 13.0 Å². The van der Waals surface area contributed by atoms with E-state index in [9.17, 15) is 18.4 Å². The molecule has 28 heavy (non-hydrogen) atoms. The van der Waals surface area contributed by atoms with Gasteiger partial charge in [-0.2, -0.15) is 0 Å². The van der Waals surface area contributed by atoms with Crippen LogP contribution in [-0.4, -0.2) is 31.0 Å². The Bertz CT molecular complexity index is 975. The predicted molar refractivity (Wildman–Crippen MR) is 99.7 cm³/mol. The number of methoxy groups -OCH3 is 1. The van der Waals surface area contributed by atoms with Crippen molar-refractivity contribution in [2.24, 2.45) is 0 Å². The van der Waals surface area contributed by atoms with Crippen LogP contribution in [-0.2, 0) is 4.79 Å². The van der Waals surface area contributed by atoms with Crippen LogP contribution in [0.1, 0.15) is 18.5 Å². The second-order valence-corrected chi connectivity index (χ2v) is 6.26. The number of para-hydroxylation sites is 2. The minimum Gasteiger partial charge on any atom is -0.495 e. The molecule has 2 N–H and O–H groups in total. The van der Waals surface area contributed by atoms with Gasteiger partial charge in [-0.1, -0.05) is 18.2 Å². The smallest absolute Gasteiger partial charge is 0.322 e. The van der Waals surface area contributed by atoms with Crippen molar-refractivity contribution in [3.63, 3.8) is 0 Å². The van der Waals surface area contributed by atoms with Crippen LogP contribution in [0.4, 0.5) is 19.3 Å². The van der Waals surface area contributed by atoms with Gasteiger partial charge in [-0.3, -0.25) is 4.79 Å². The van der Waals surface area contributed by atoms with Crippen LogP contribution in [0, 0.1) is 11.6 Å². The van der Waals surface area contributed by atoms with Crippen LogP contribution < -0.4 is 15.4 Å². The maximum absolute atomic E-state index is 14.4. The number of carbonyl (C=O) groups excluding carboxylic acids is 2. The minimum absolute atomic E-state index is 0.00706. The van der Waals surface area contributed by atoms with Crippen molar-refractivity contribution < 1.29 is 23.1 Å². The number of benzene rings is 2. The van der Waals surface area contributed by atoms with Gasteiger partial charge in [-0.05, 0) is 25.1 Å². The highest BCUT2D eigenvalue weighted by Crippen LogP contribution is 2.33. The standard InChI is InChI=1S/C20H19F2N3O3/c1-11-17(19(26)23-15-6-4-5-7-16(15)28-3)18(24-20(27)25(11)2)13-9-8-12(21)10-14(13)22/h4-10,18H,1-3H3,(H,23,26)(H,24,27)/t18-/m1/s1. The van der Waals surface area contributed by atoms with Gasteiger partial charge in [0, 0.05) is 24.4 Å². The van der Waals surface area contributed by atoms with Crippen molar-refractivity contribution in [1.29, 1.82) is 0 Å². The summed E-state index contributed by atoms with van der Waals surface area (Å²) in [5.41, 5.74) is 0.906. The second-order valence-electron chi connectivity index (χ2n) is 6.26. The number of nitrogens with one attached hydrogen (secondary N) is 2. The molecule has 0 aromatic heterocycles. The number of carbonyl (C=O) groups is 2. The number of allylic oxidation sites excluding steroid dienone is 1. The van der Waals surface area contributed by atoms with E-state index in [0.717, 1.165) is 6.07 Å². The van der Waals surface area contributed by atoms with Gasteiger partial charge in [0.05, 0.1) is 24.4 Å². The van der Waals surface area contributed by atoms with Crippen molar-refractivity contribution in [3.8, 4) is 5.75 Å². The molecule has 0 saturated heterocycles.